The SMILES string of the molecule is CO.[Cl-].[Cl-].[Cl-].[Cl-].[Hf+4]. The molecule has 0 aromatic carbocycles. The minimum Gasteiger partial charge on any atom is -1.00 e. The van der Waals surface area contributed by atoms with E-state index in [9.17, 15) is 0 Å². The van der Waals surface area contributed by atoms with Crippen molar-refractivity contribution in [1.82, 2.24) is 0 Å². The second kappa shape index (κ2) is 98.6. The molecule has 0 aliphatic rings. The van der Waals surface area contributed by atoms with Crippen LogP contribution < -0.4 is 49.6 Å². The first-order valence-corrected chi connectivity index (χ1v) is 0.447. The van der Waals surface area contributed by atoms with E-state index in [-0.39, 0.29) is 75.5 Å². The molecule has 46 valence electrons. The molecular formula is CH4Cl4HfO. The first kappa shape index (κ1) is 64.2. The minimum atomic E-state index is 0. The molecular weight excluding hydrogens is 348 g/mol. The molecule has 0 saturated carbocycles. The van der Waals surface area contributed by atoms with Crippen LogP contribution in [0.3, 0.4) is 0 Å². The van der Waals surface area contributed by atoms with Crippen molar-refractivity contribution in [1.29, 1.82) is 0 Å². The first-order valence-electron chi connectivity index (χ1n) is 0.447. The van der Waals surface area contributed by atoms with E-state index in [0.29, 0.717) is 0 Å². The third kappa shape index (κ3) is 72.4. The fourth-order valence-corrected chi connectivity index (χ4v) is 0. The summed E-state index contributed by atoms with van der Waals surface area (Å²) in [5.41, 5.74) is 0. The van der Waals surface area contributed by atoms with Crippen molar-refractivity contribution in [3.05, 3.63) is 0 Å². The molecule has 0 heterocycles. The molecule has 0 aromatic rings. The molecule has 0 fully saturated rings. The predicted molar refractivity (Wildman–Crippen MR) is 8.14 cm³/mol. The Morgan fingerprint density at radius 1 is 0.714 bits per heavy atom. The molecule has 0 bridgehead atoms. The molecule has 0 radical (unpaired) electrons. The minimum absolute atomic E-state index is 0. The van der Waals surface area contributed by atoms with Gasteiger partial charge in [-0.25, -0.2) is 0 Å². The molecule has 0 unspecified atom stereocenters. The summed E-state index contributed by atoms with van der Waals surface area (Å²) in [6.07, 6.45) is 0. The van der Waals surface area contributed by atoms with Crippen LogP contribution in [0.2, 0.25) is 0 Å². The van der Waals surface area contributed by atoms with Gasteiger partial charge >= 0.3 is 25.8 Å². The Balaban J connectivity index is -0.000000000500. The van der Waals surface area contributed by atoms with Gasteiger partial charge in [0.15, 0.2) is 0 Å². The van der Waals surface area contributed by atoms with Crippen molar-refractivity contribution in [3.63, 3.8) is 0 Å². The smallest absolute Gasteiger partial charge is 1.00 e. The van der Waals surface area contributed by atoms with Crippen molar-refractivity contribution in [2.45, 2.75) is 0 Å². The Morgan fingerprint density at radius 3 is 0.714 bits per heavy atom. The van der Waals surface area contributed by atoms with E-state index in [1.54, 1.807) is 0 Å². The van der Waals surface area contributed by atoms with Crippen LogP contribution in [-0.2, 0) is 25.8 Å². The summed E-state index contributed by atoms with van der Waals surface area (Å²) < 4.78 is 0. The van der Waals surface area contributed by atoms with Gasteiger partial charge in [0.1, 0.15) is 0 Å². The van der Waals surface area contributed by atoms with Crippen molar-refractivity contribution in [2.24, 2.45) is 0 Å². The van der Waals surface area contributed by atoms with Gasteiger partial charge in [0.25, 0.3) is 0 Å². The molecule has 6 heteroatoms. The van der Waals surface area contributed by atoms with Crippen LogP contribution in [0, 0.1) is 0 Å². The van der Waals surface area contributed by atoms with E-state index in [1.165, 1.54) is 0 Å². The van der Waals surface area contributed by atoms with Crippen molar-refractivity contribution in [3.8, 4) is 0 Å². The van der Waals surface area contributed by atoms with E-state index in [0.717, 1.165) is 7.11 Å². The Morgan fingerprint density at radius 2 is 0.714 bits per heavy atom. The zero-order valence-electron chi connectivity index (χ0n) is 3.46. The van der Waals surface area contributed by atoms with Crippen LogP contribution in [0.25, 0.3) is 0 Å². The van der Waals surface area contributed by atoms with Crippen LogP contribution in [0.15, 0.2) is 0 Å². The van der Waals surface area contributed by atoms with Crippen molar-refractivity contribution < 1.29 is 80.6 Å². The molecule has 0 aliphatic carbocycles. The zero-order valence-corrected chi connectivity index (χ0v) is 10.1. The predicted octanol–water partition coefficient (Wildman–Crippen LogP) is -12.4. The van der Waals surface area contributed by atoms with Crippen molar-refractivity contribution in [2.75, 3.05) is 7.11 Å². The second-order valence-corrected chi connectivity index (χ2v) is 0. The van der Waals surface area contributed by atoms with Gasteiger partial charge in [-0.05, 0) is 0 Å². The van der Waals surface area contributed by atoms with Crippen molar-refractivity contribution >= 4 is 0 Å². The monoisotopic (exact) mass is 352 g/mol. The molecule has 7 heavy (non-hydrogen) atoms. The topological polar surface area (TPSA) is 20.2 Å². The van der Waals surface area contributed by atoms with Crippen LogP contribution in [-0.4, -0.2) is 12.2 Å². The third-order valence-corrected chi connectivity index (χ3v) is 0. The number of halogens is 4. The molecule has 1 nitrogen and oxygen atoms in total. The second-order valence-electron chi connectivity index (χ2n) is 0. The first-order chi connectivity index (χ1) is 1.00. The summed E-state index contributed by atoms with van der Waals surface area (Å²) in [5.74, 6) is 0. The third-order valence-electron chi connectivity index (χ3n) is 0. The van der Waals surface area contributed by atoms with Crippen LogP contribution in [0.1, 0.15) is 0 Å². The van der Waals surface area contributed by atoms with E-state index in [4.69, 9.17) is 5.11 Å². The van der Waals surface area contributed by atoms with Crippen LogP contribution in [0.4, 0.5) is 0 Å². The van der Waals surface area contributed by atoms with Gasteiger partial charge in [-0.15, -0.1) is 0 Å². The number of aliphatic hydroxyl groups is 1. The Hall–Kier alpha value is 1.99. The summed E-state index contributed by atoms with van der Waals surface area (Å²) in [4.78, 5) is 0. The molecule has 0 saturated heterocycles. The Bertz CT molecular complexity index is 11.7. The molecule has 0 atom stereocenters. The molecule has 0 rings (SSSR count). The normalized spacial score (nSPS) is 0.857. The quantitative estimate of drug-likeness (QED) is 0.430. The van der Waals surface area contributed by atoms with Gasteiger partial charge in [0, 0.05) is 7.11 Å². The number of hydrogen-bond donors (Lipinski definition) is 1. The van der Waals surface area contributed by atoms with E-state index < -0.39 is 0 Å². The van der Waals surface area contributed by atoms with Gasteiger partial charge in [0.2, 0.25) is 0 Å². The summed E-state index contributed by atoms with van der Waals surface area (Å²) in [7, 11) is 1.00. The molecule has 0 aliphatic heterocycles. The summed E-state index contributed by atoms with van der Waals surface area (Å²) in [6.45, 7) is 0. The van der Waals surface area contributed by atoms with E-state index in [2.05, 4.69) is 0 Å². The van der Waals surface area contributed by atoms with Gasteiger partial charge in [-0.3, -0.25) is 0 Å². The van der Waals surface area contributed by atoms with Gasteiger partial charge in [-0.1, -0.05) is 0 Å². The van der Waals surface area contributed by atoms with Gasteiger partial charge in [-0.2, -0.15) is 0 Å². The largest absolute Gasteiger partial charge is 4.00 e. The average Bonchev–Trinajstić information content (AvgIpc) is 1.00. The summed E-state index contributed by atoms with van der Waals surface area (Å²) in [5, 5.41) is 7.00. The zero-order chi connectivity index (χ0) is 2.00. The maximum absolute atomic E-state index is 7.00. The Labute approximate surface area is 87.1 Å². The fraction of sp³-hybridized carbons (Fsp3) is 1.00. The number of aliphatic hydroxyl groups excluding tert-OH is 1. The Kier molecular flexibility index (Phi) is 904. The number of rotatable bonds is 0. The number of hydrogen-bond acceptors (Lipinski definition) is 1. The maximum Gasteiger partial charge on any atom is 4.00 e. The molecule has 1 N–H and O–H groups in total. The molecule has 0 spiro atoms. The van der Waals surface area contributed by atoms with E-state index in [1.807, 2.05) is 0 Å². The average molecular weight is 352 g/mol. The summed E-state index contributed by atoms with van der Waals surface area (Å²) >= 11 is 0. The van der Waals surface area contributed by atoms with Crippen LogP contribution >= 0.6 is 0 Å². The molecule has 0 amide bonds. The van der Waals surface area contributed by atoms with Crippen LogP contribution in [0.5, 0.6) is 0 Å². The summed E-state index contributed by atoms with van der Waals surface area (Å²) in [6, 6.07) is 0. The fourth-order valence-electron chi connectivity index (χ4n) is 0. The molecule has 0 aromatic heterocycles. The standard InChI is InChI=1S/CH4O.4ClH.Hf/c1-2;;;;;/h2H,1H3;4*1H;/q;;;;;+4/p-4. The maximum atomic E-state index is 7.00. The van der Waals surface area contributed by atoms with Gasteiger partial charge in [0.05, 0.1) is 0 Å². The van der Waals surface area contributed by atoms with E-state index >= 15 is 0 Å². The van der Waals surface area contributed by atoms with Gasteiger partial charge < -0.3 is 54.7 Å².